The number of hydrogen-bond acceptors (Lipinski definition) is 3. The maximum absolute atomic E-state index is 10.5. The van der Waals surface area contributed by atoms with Gasteiger partial charge in [-0.25, -0.2) is 4.79 Å². The van der Waals surface area contributed by atoms with Gasteiger partial charge in [-0.15, -0.1) is 0 Å². The molecule has 0 aliphatic heterocycles. The molecule has 2 amide bonds. The normalized spacial score (nSPS) is 9.50. The Labute approximate surface area is 83.8 Å². The molecule has 1 rings (SSSR count). The van der Waals surface area contributed by atoms with Gasteiger partial charge in [-0.2, -0.15) is 0 Å². The molecule has 7 heteroatoms. The number of amides is 2. The summed E-state index contributed by atoms with van der Waals surface area (Å²) < 4.78 is 0. The zero-order valence-electron chi connectivity index (χ0n) is 6.86. The van der Waals surface area contributed by atoms with Crippen molar-refractivity contribution in [3.63, 3.8) is 0 Å². The van der Waals surface area contributed by atoms with E-state index in [1.54, 1.807) is 0 Å². The smallest absolute Gasteiger partial charge is 0.316 e. The summed E-state index contributed by atoms with van der Waals surface area (Å²) in [6, 6.07) is 3.22. The summed E-state index contributed by atoms with van der Waals surface area (Å²) in [6.45, 7) is 0. The molecule has 0 saturated carbocycles. The molecule has 0 radical (unpaired) electrons. The lowest BCUT2D eigenvalue weighted by atomic mass is 10.3. The lowest BCUT2D eigenvalue weighted by Crippen LogP contribution is -2.19. The summed E-state index contributed by atoms with van der Waals surface area (Å²) in [7, 11) is 0. The summed E-state index contributed by atoms with van der Waals surface area (Å²) in [5, 5.41) is 12.5. The van der Waals surface area contributed by atoms with Crippen LogP contribution in [0.4, 0.5) is 16.2 Å². The molecule has 0 fully saturated rings. The average Bonchev–Trinajstić information content (AvgIpc) is 2.07. The van der Waals surface area contributed by atoms with Crippen molar-refractivity contribution in [3.05, 3.63) is 33.3 Å². The van der Waals surface area contributed by atoms with E-state index in [2.05, 4.69) is 5.32 Å². The highest BCUT2D eigenvalue weighted by Crippen LogP contribution is 2.31. The van der Waals surface area contributed by atoms with Gasteiger partial charge in [-0.1, -0.05) is 17.7 Å². The molecule has 74 valence electrons. The number of benzene rings is 1. The molecule has 1 aromatic rings. The second kappa shape index (κ2) is 3.93. The number of urea groups is 1. The maximum Gasteiger partial charge on any atom is 0.316 e. The molecule has 14 heavy (non-hydrogen) atoms. The molecule has 0 unspecified atom stereocenters. The van der Waals surface area contributed by atoms with Crippen LogP contribution in [0, 0.1) is 10.1 Å². The van der Waals surface area contributed by atoms with Crippen LogP contribution in [0.15, 0.2) is 18.2 Å². The Morgan fingerprint density at radius 1 is 1.57 bits per heavy atom. The van der Waals surface area contributed by atoms with E-state index in [1.165, 1.54) is 18.2 Å². The SMILES string of the molecule is NC(=O)Nc1cccc([N+](=O)[O-])c1Cl. The summed E-state index contributed by atoms with van der Waals surface area (Å²) >= 11 is 5.64. The minimum Gasteiger partial charge on any atom is -0.351 e. The fraction of sp³-hybridized carbons (Fsp3) is 0. The van der Waals surface area contributed by atoms with Crippen LogP contribution >= 0.6 is 11.6 Å². The highest BCUT2D eigenvalue weighted by atomic mass is 35.5. The van der Waals surface area contributed by atoms with E-state index in [0.717, 1.165) is 0 Å². The number of nitrogens with zero attached hydrogens (tertiary/aromatic N) is 1. The molecule has 0 bridgehead atoms. The number of nitrogens with two attached hydrogens (primary N) is 1. The zero-order chi connectivity index (χ0) is 10.7. The van der Waals surface area contributed by atoms with Crippen molar-refractivity contribution in [2.45, 2.75) is 0 Å². The van der Waals surface area contributed by atoms with Crippen molar-refractivity contribution in [3.8, 4) is 0 Å². The summed E-state index contributed by atoms with van der Waals surface area (Å²) in [5.41, 5.74) is 4.68. The highest BCUT2D eigenvalue weighted by molar-refractivity contribution is 6.35. The Morgan fingerprint density at radius 2 is 2.21 bits per heavy atom. The molecule has 3 N–H and O–H groups in total. The van der Waals surface area contributed by atoms with Gasteiger partial charge >= 0.3 is 6.03 Å². The van der Waals surface area contributed by atoms with E-state index in [4.69, 9.17) is 17.3 Å². The molecular weight excluding hydrogens is 210 g/mol. The Hall–Kier alpha value is -1.82. The van der Waals surface area contributed by atoms with Crippen molar-refractivity contribution in [2.24, 2.45) is 5.73 Å². The summed E-state index contributed by atoms with van der Waals surface area (Å²) in [6.07, 6.45) is 0. The van der Waals surface area contributed by atoms with E-state index >= 15 is 0 Å². The molecule has 0 atom stereocenters. The molecule has 0 spiro atoms. The lowest BCUT2D eigenvalue weighted by molar-refractivity contribution is -0.384. The maximum atomic E-state index is 10.5. The van der Waals surface area contributed by atoms with Crippen molar-refractivity contribution >= 4 is 29.0 Å². The minimum atomic E-state index is -0.826. The topological polar surface area (TPSA) is 98.3 Å². The van der Waals surface area contributed by atoms with Crippen LogP contribution in [0.5, 0.6) is 0 Å². The lowest BCUT2D eigenvalue weighted by Gasteiger charge is -2.03. The number of nitrogens with one attached hydrogen (secondary N) is 1. The Balaban J connectivity index is 3.13. The van der Waals surface area contributed by atoms with E-state index in [9.17, 15) is 14.9 Å². The van der Waals surface area contributed by atoms with Crippen molar-refractivity contribution < 1.29 is 9.72 Å². The number of carbonyl (C=O) groups is 1. The number of rotatable bonds is 2. The van der Waals surface area contributed by atoms with E-state index in [1.807, 2.05) is 0 Å². The molecule has 0 heterocycles. The first-order chi connectivity index (χ1) is 6.52. The fourth-order valence-electron chi connectivity index (χ4n) is 0.890. The molecule has 0 aromatic heterocycles. The van der Waals surface area contributed by atoms with Crippen LogP contribution in [-0.4, -0.2) is 11.0 Å². The van der Waals surface area contributed by atoms with Crippen LogP contribution in [0.25, 0.3) is 0 Å². The number of hydrogen-bond donors (Lipinski definition) is 2. The van der Waals surface area contributed by atoms with E-state index in [0.29, 0.717) is 0 Å². The number of halogens is 1. The third kappa shape index (κ3) is 2.11. The molecule has 0 aliphatic rings. The highest BCUT2D eigenvalue weighted by Gasteiger charge is 2.15. The minimum absolute atomic E-state index is 0.119. The van der Waals surface area contributed by atoms with E-state index in [-0.39, 0.29) is 16.4 Å². The first kappa shape index (κ1) is 10.3. The van der Waals surface area contributed by atoms with Crippen LogP contribution in [-0.2, 0) is 0 Å². The van der Waals surface area contributed by atoms with Crippen molar-refractivity contribution in [1.29, 1.82) is 0 Å². The molecule has 6 nitrogen and oxygen atoms in total. The van der Waals surface area contributed by atoms with Gasteiger partial charge in [0.1, 0.15) is 5.02 Å². The largest absolute Gasteiger partial charge is 0.351 e. The Morgan fingerprint density at radius 3 is 2.71 bits per heavy atom. The third-order valence-electron chi connectivity index (χ3n) is 1.43. The van der Waals surface area contributed by atoms with Crippen LogP contribution in [0.1, 0.15) is 0 Å². The molecule has 0 saturated heterocycles. The molecule has 1 aromatic carbocycles. The van der Waals surface area contributed by atoms with Gasteiger partial charge in [-0.3, -0.25) is 10.1 Å². The van der Waals surface area contributed by atoms with Crippen LogP contribution < -0.4 is 11.1 Å². The first-order valence-corrected chi connectivity index (χ1v) is 3.89. The number of primary amides is 1. The Bertz CT molecular complexity index is 394. The number of anilines is 1. The third-order valence-corrected chi connectivity index (χ3v) is 1.83. The van der Waals surface area contributed by atoms with Crippen molar-refractivity contribution in [1.82, 2.24) is 0 Å². The summed E-state index contributed by atoms with van der Waals surface area (Å²) in [5.74, 6) is 0. The average molecular weight is 216 g/mol. The zero-order valence-corrected chi connectivity index (χ0v) is 7.62. The van der Waals surface area contributed by atoms with E-state index < -0.39 is 11.0 Å². The fourth-order valence-corrected chi connectivity index (χ4v) is 1.13. The number of nitro groups is 1. The quantitative estimate of drug-likeness (QED) is 0.581. The van der Waals surface area contributed by atoms with Gasteiger partial charge < -0.3 is 11.1 Å². The first-order valence-electron chi connectivity index (χ1n) is 3.51. The molecular formula is C7H6ClN3O3. The number of nitro benzene ring substituents is 1. The van der Waals surface area contributed by atoms with Gasteiger partial charge in [0, 0.05) is 6.07 Å². The molecule has 0 aliphatic carbocycles. The number of carbonyl (C=O) groups excluding carboxylic acids is 1. The predicted molar refractivity (Wildman–Crippen MR) is 51.3 cm³/mol. The van der Waals surface area contributed by atoms with Crippen LogP contribution in [0.3, 0.4) is 0 Å². The summed E-state index contributed by atoms with van der Waals surface area (Å²) in [4.78, 5) is 20.3. The van der Waals surface area contributed by atoms with Gasteiger partial charge in [0.05, 0.1) is 10.6 Å². The van der Waals surface area contributed by atoms with Gasteiger partial charge in [0.25, 0.3) is 5.69 Å². The standard InChI is InChI=1S/C7H6ClN3O3/c8-6-4(10-7(9)12)2-1-3-5(6)11(13)14/h1-3H,(H3,9,10,12). The monoisotopic (exact) mass is 215 g/mol. The second-order valence-corrected chi connectivity index (χ2v) is 2.76. The van der Waals surface area contributed by atoms with Gasteiger partial charge in [0.2, 0.25) is 0 Å². The second-order valence-electron chi connectivity index (χ2n) is 2.39. The Kier molecular flexibility index (Phi) is 2.88. The van der Waals surface area contributed by atoms with Crippen LogP contribution in [0.2, 0.25) is 5.02 Å². The van der Waals surface area contributed by atoms with Crippen molar-refractivity contribution in [2.75, 3.05) is 5.32 Å². The van der Waals surface area contributed by atoms with Gasteiger partial charge in [-0.05, 0) is 6.07 Å². The van der Waals surface area contributed by atoms with Gasteiger partial charge in [0.15, 0.2) is 0 Å². The predicted octanol–water partition coefficient (Wildman–Crippen LogP) is 1.74.